The van der Waals surface area contributed by atoms with E-state index >= 15 is 0 Å². The van der Waals surface area contributed by atoms with Gasteiger partial charge in [-0.05, 0) is 49.2 Å². The normalized spacial score (nSPS) is 10.1. The summed E-state index contributed by atoms with van der Waals surface area (Å²) < 4.78 is 0. The minimum atomic E-state index is 0.343. The van der Waals surface area contributed by atoms with Crippen molar-refractivity contribution >= 4 is 28.7 Å². The van der Waals surface area contributed by atoms with Crippen molar-refractivity contribution in [2.24, 2.45) is 5.73 Å². The number of thiocarbonyl (C=S) groups is 1. The van der Waals surface area contributed by atoms with Crippen LogP contribution in [0.5, 0.6) is 0 Å². The molecular formula is C14H15N3S. The summed E-state index contributed by atoms with van der Waals surface area (Å²) >= 11 is 5.02. The van der Waals surface area contributed by atoms with E-state index < -0.39 is 0 Å². The third-order valence-corrected chi connectivity index (χ3v) is 2.78. The maximum absolute atomic E-state index is 5.68. The van der Waals surface area contributed by atoms with Crippen LogP contribution in [-0.4, -0.2) is 9.97 Å². The van der Waals surface area contributed by atoms with Crippen molar-refractivity contribution in [3.63, 3.8) is 0 Å². The molecule has 0 radical (unpaired) electrons. The summed E-state index contributed by atoms with van der Waals surface area (Å²) in [7, 11) is 0. The number of rotatable bonds is 3. The Balaban J connectivity index is 2.37. The number of hydrogen-bond donors (Lipinski definition) is 2. The van der Waals surface area contributed by atoms with Gasteiger partial charge in [0.25, 0.3) is 0 Å². The number of nitrogens with one attached hydrogen (secondary N) is 1. The number of aromatic nitrogens is 1. The topological polar surface area (TPSA) is 50.9 Å². The Morgan fingerprint density at radius 1 is 1.22 bits per heavy atom. The molecule has 0 spiro atoms. The van der Waals surface area contributed by atoms with Crippen molar-refractivity contribution in [1.29, 1.82) is 0 Å². The highest BCUT2D eigenvalue weighted by Crippen LogP contribution is 2.20. The molecular weight excluding hydrogens is 242 g/mol. The minimum Gasteiger partial charge on any atom is -0.389 e. The molecule has 0 saturated carbocycles. The summed E-state index contributed by atoms with van der Waals surface area (Å²) in [5.74, 6) is 0.690. The predicted octanol–water partition coefficient (Wildman–Crippen LogP) is 3.08. The van der Waals surface area contributed by atoms with Gasteiger partial charge in [0, 0.05) is 11.9 Å². The number of aryl methyl sites for hydroxylation is 2. The highest BCUT2D eigenvalue weighted by molar-refractivity contribution is 7.80. The van der Waals surface area contributed by atoms with Gasteiger partial charge >= 0.3 is 0 Å². The second-order valence-electron chi connectivity index (χ2n) is 4.27. The summed E-state index contributed by atoms with van der Waals surface area (Å²) in [5, 5.41) is 3.26. The van der Waals surface area contributed by atoms with Gasteiger partial charge in [-0.1, -0.05) is 18.3 Å². The van der Waals surface area contributed by atoms with E-state index in [1.54, 1.807) is 6.20 Å². The number of anilines is 2. The lowest BCUT2D eigenvalue weighted by Crippen LogP contribution is -2.12. The first-order valence-electron chi connectivity index (χ1n) is 5.66. The summed E-state index contributed by atoms with van der Waals surface area (Å²) in [6.45, 7) is 4.12. The van der Waals surface area contributed by atoms with E-state index in [1.165, 1.54) is 11.1 Å². The number of nitrogens with zero attached hydrogens (tertiary/aromatic N) is 1. The molecule has 0 unspecified atom stereocenters. The first kappa shape index (κ1) is 12.5. The first-order valence-corrected chi connectivity index (χ1v) is 6.07. The van der Waals surface area contributed by atoms with Gasteiger partial charge in [-0.3, -0.25) is 0 Å². The van der Waals surface area contributed by atoms with Gasteiger partial charge in [-0.15, -0.1) is 0 Å². The van der Waals surface area contributed by atoms with Gasteiger partial charge in [0.15, 0.2) is 0 Å². The lowest BCUT2D eigenvalue weighted by Gasteiger charge is -2.11. The highest BCUT2D eigenvalue weighted by atomic mass is 32.1. The molecule has 92 valence electrons. The Morgan fingerprint density at radius 3 is 2.50 bits per heavy atom. The smallest absolute Gasteiger partial charge is 0.140 e. The van der Waals surface area contributed by atoms with Crippen LogP contribution in [0.4, 0.5) is 11.5 Å². The van der Waals surface area contributed by atoms with E-state index in [2.05, 4.69) is 42.3 Å². The molecule has 0 atom stereocenters. The molecule has 2 aromatic rings. The summed E-state index contributed by atoms with van der Waals surface area (Å²) in [4.78, 5) is 4.62. The first-order chi connectivity index (χ1) is 8.56. The Labute approximate surface area is 112 Å². The fourth-order valence-electron chi connectivity index (χ4n) is 1.89. The molecule has 3 N–H and O–H groups in total. The standard InChI is InChI=1S/C14H15N3S/c1-9-6-10(2)8-11(7-9)17-14-12(13(15)18)4-3-5-16-14/h3-8H,1-2H3,(H2,15,18)(H,16,17). The number of pyridine rings is 1. The van der Waals surface area contributed by atoms with Crippen LogP contribution in [0.25, 0.3) is 0 Å². The molecule has 18 heavy (non-hydrogen) atoms. The van der Waals surface area contributed by atoms with Crippen molar-refractivity contribution in [2.45, 2.75) is 13.8 Å². The minimum absolute atomic E-state index is 0.343. The Morgan fingerprint density at radius 2 is 1.89 bits per heavy atom. The quantitative estimate of drug-likeness (QED) is 0.830. The fourth-order valence-corrected chi connectivity index (χ4v) is 2.05. The van der Waals surface area contributed by atoms with Gasteiger partial charge < -0.3 is 11.1 Å². The van der Waals surface area contributed by atoms with Crippen molar-refractivity contribution in [1.82, 2.24) is 4.98 Å². The molecule has 0 amide bonds. The van der Waals surface area contributed by atoms with Gasteiger partial charge in [0.05, 0.1) is 5.56 Å². The van der Waals surface area contributed by atoms with Crippen LogP contribution in [0.3, 0.4) is 0 Å². The second kappa shape index (κ2) is 5.14. The Kier molecular flexibility index (Phi) is 3.58. The predicted molar refractivity (Wildman–Crippen MR) is 79.3 cm³/mol. The van der Waals surface area contributed by atoms with Crippen molar-refractivity contribution in [2.75, 3.05) is 5.32 Å². The zero-order valence-electron chi connectivity index (χ0n) is 10.4. The SMILES string of the molecule is Cc1cc(C)cc(Nc2ncccc2C(N)=S)c1. The summed E-state index contributed by atoms with van der Waals surface area (Å²) in [5.41, 5.74) is 9.82. The number of hydrogen-bond acceptors (Lipinski definition) is 3. The molecule has 0 fully saturated rings. The van der Waals surface area contributed by atoms with Crippen LogP contribution in [0.15, 0.2) is 36.5 Å². The molecule has 0 bridgehead atoms. The molecule has 0 aliphatic heterocycles. The number of benzene rings is 1. The van der Waals surface area contributed by atoms with Gasteiger partial charge in [-0.2, -0.15) is 0 Å². The van der Waals surface area contributed by atoms with Crippen LogP contribution >= 0.6 is 12.2 Å². The average Bonchev–Trinajstić information content (AvgIpc) is 2.27. The zero-order chi connectivity index (χ0) is 13.1. The van der Waals surface area contributed by atoms with E-state index in [9.17, 15) is 0 Å². The van der Waals surface area contributed by atoms with E-state index in [4.69, 9.17) is 18.0 Å². The van der Waals surface area contributed by atoms with Crippen molar-refractivity contribution in [3.8, 4) is 0 Å². The van der Waals surface area contributed by atoms with E-state index in [-0.39, 0.29) is 0 Å². The zero-order valence-corrected chi connectivity index (χ0v) is 11.2. The Bertz CT molecular complexity index is 573. The van der Waals surface area contributed by atoms with Crippen LogP contribution < -0.4 is 11.1 Å². The number of nitrogens with two attached hydrogens (primary N) is 1. The monoisotopic (exact) mass is 257 g/mol. The van der Waals surface area contributed by atoms with Crippen molar-refractivity contribution in [3.05, 3.63) is 53.2 Å². The molecule has 0 aliphatic rings. The van der Waals surface area contributed by atoms with Crippen LogP contribution in [-0.2, 0) is 0 Å². The van der Waals surface area contributed by atoms with Gasteiger partial charge in [-0.25, -0.2) is 4.98 Å². The summed E-state index contributed by atoms with van der Waals surface area (Å²) in [6.07, 6.45) is 1.72. The van der Waals surface area contributed by atoms with Crippen LogP contribution in [0, 0.1) is 13.8 Å². The molecule has 0 aliphatic carbocycles. The molecule has 4 heteroatoms. The third-order valence-electron chi connectivity index (χ3n) is 2.56. The average molecular weight is 257 g/mol. The van der Waals surface area contributed by atoms with Crippen LogP contribution in [0.2, 0.25) is 0 Å². The fraction of sp³-hybridized carbons (Fsp3) is 0.143. The molecule has 2 rings (SSSR count). The summed E-state index contributed by atoms with van der Waals surface area (Å²) in [6, 6.07) is 9.93. The molecule has 0 saturated heterocycles. The molecule has 1 aromatic heterocycles. The highest BCUT2D eigenvalue weighted by Gasteiger charge is 2.06. The maximum Gasteiger partial charge on any atom is 0.140 e. The largest absolute Gasteiger partial charge is 0.389 e. The van der Waals surface area contributed by atoms with E-state index in [1.807, 2.05) is 12.1 Å². The maximum atomic E-state index is 5.68. The van der Waals surface area contributed by atoms with E-state index in [0.29, 0.717) is 10.8 Å². The third kappa shape index (κ3) is 2.84. The second-order valence-corrected chi connectivity index (χ2v) is 4.71. The Hall–Kier alpha value is -1.94. The molecule has 3 nitrogen and oxygen atoms in total. The van der Waals surface area contributed by atoms with Gasteiger partial charge in [0.2, 0.25) is 0 Å². The van der Waals surface area contributed by atoms with Crippen molar-refractivity contribution < 1.29 is 0 Å². The molecule has 1 heterocycles. The van der Waals surface area contributed by atoms with Crippen LogP contribution in [0.1, 0.15) is 16.7 Å². The van der Waals surface area contributed by atoms with E-state index in [0.717, 1.165) is 11.3 Å². The van der Waals surface area contributed by atoms with Gasteiger partial charge in [0.1, 0.15) is 10.8 Å². The molecule has 1 aromatic carbocycles. The lowest BCUT2D eigenvalue weighted by atomic mass is 10.1. The lowest BCUT2D eigenvalue weighted by molar-refractivity contribution is 1.28.